The molecule has 0 spiro atoms. The van der Waals surface area contributed by atoms with Crippen molar-refractivity contribution < 1.29 is 22.7 Å². The van der Waals surface area contributed by atoms with E-state index in [2.05, 4.69) is 15.9 Å². The van der Waals surface area contributed by atoms with E-state index in [1.54, 1.807) is 29.2 Å². The Labute approximate surface area is 199 Å². The summed E-state index contributed by atoms with van der Waals surface area (Å²) in [4.78, 5) is 14.7. The number of nitrogens with zero attached hydrogens (tertiary/aromatic N) is 1. The molecule has 1 saturated heterocycles. The van der Waals surface area contributed by atoms with Crippen molar-refractivity contribution in [2.24, 2.45) is 0 Å². The van der Waals surface area contributed by atoms with Crippen LogP contribution in [0.15, 0.2) is 66.7 Å². The molecule has 4 rings (SSSR count). The molecule has 3 aromatic rings. The summed E-state index contributed by atoms with van der Waals surface area (Å²) in [5.74, 6) is -1.59. The first-order valence-corrected chi connectivity index (χ1v) is 11.8. The number of hydrogen-bond donors (Lipinski definition) is 0. The van der Waals surface area contributed by atoms with E-state index >= 15 is 0 Å². The lowest BCUT2D eigenvalue weighted by molar-refractivity contribution is -0.0620. The van der Waals surface area contributed by atoms with Gasteiger partial charge < -0.3 is 9.64 Å². The van der Waals surface area contributed by atoms with Gasteiger partial charge in [0.1, 0.15) is 23.1 Å². The normalized spacial score (nSPS) is 19.3. The molecule has 2 atom stereocenters. The molecule has 1 amide bonds. The van der Waals surface area contributed by atoms with Gasteiger partial charge >= 0.3 is 6.09 Å². The zero-order chi connectivity index (χ0) is 23.6. The van der Waals surface area contributed by atoms with Crippen molar-refractivity contribution in [3.05, 3.63) is 95.3 Å². The summed E-state index contributed by atoms with van der Waals surface area (Å²) in [5, 5.41) is 0.634. The molecule has 3 nitrogen and oxygen atoms in total. The Morgan fingerprint density at radius 3 is 2.27 bits per heavy atom. The van der Waals surface area contributed by atoms with Gasteiger partial charge in [-0.3, -0.25) is 0 Å². The van der Waals surface area contributed by atoms with E-state index in [-0.39, 0.29) is 11.9 Å². The average Bonchev–Trinajstić information content (AvgIpc) is 2.79. The predicted molar refractivity (Wildman–Crippen MR) is 125 cm³/mol. The van der Waals surface area contributed by atoms with Crippen molar-refractivity contribution in [1.29, 1.82) is 0 Å². The standard InChI is InChI=1S/C26H23BrF3NO2/c1-17(18-2-4-19(5-3-18)23-11-10-22(29)16-24(23)30)31-15-13-26(12-14-27,33-25(31)32)20-6-8-21(28)9-7-20/h2-11,16-17H,12-15H2,1H3/t17-,26+/m0/s1. The third kappa shape index (κ3) is 4.78. The number of cyclic esters (lactones) is 1. The fraction of sp³-hybridized carbons (Fsp3) is 0.269. The summed E-state index contributed by atoms with van der Waals surface area (Å²) >= 11 is 3.44. The molecule has 0 unspecified atom stereocenters. The summed E-state index contributed by atoms with van der Waals surface area (Å²) in [6.07, 6.45) is 0.705. The zero-order valence-electron chi connectivity index (χ0n) is 18.0. The first kappa shape index (κ1) is 23.4. The zero-order valence-corrected chi connectivity index (χ0v) is 19.6. The largest absolute Gasteiger partial charge is 0.438 e. The number of carbonyl (C=O) groups excluding carboxylic acids is 1. The average molecular weight is 518 g/mol. The van der Waals surface area contributed by atoms with Crippen molar-refractivity contribution in [1.82, 2.24) is 4.90 Å². The number of rotatable bonds is 6. The van der Waals surface area contributed by atoms with Crippen LogP contribution in [0.3, 0.4) is 0 Å². The number of carbonyl (C=O) groups is 1. The van der Waals surface area contributed by atoms with Gasteiger partial charge in [0.05, 0.1) is 6.04 Å². The van der Waals surface area contributed by atoms with Gasteiger partial charge in [0.15, 0.2) is 0 Å². The summed E-state index contributed by atoms with van der Waals surface area (Å²) in [7, 11) is 0. The lowest BCUT2D eigenvalue weighted by Gasteiger charge is -2.43. The molecule has 1 aliphatic rings. The van der Waals surface area contributed by atoms with Crippen LogP contribution in [0.5, 0.6) is 0 Å². The van der Waals surface area contributed by atoms with Gasteiger partial charge in [0.2, 0.25) is 0 Å². The molecule has 7 heteroatoms. The maximum Gasteiger partial charge on any atom is 0.411 e. The maximum absolute atomic E-state index is 14.1. The number of ether oxygens (including phenoxy) is 1. The van der Waals surface area contributed by atoms with Crippen LogP contribution >= 0.6 is 15.9 Å². The minimum Gasteiger partial charge on any atom is -0.438 e. The van der Waals surface area contributed by atoms with Gasteiger partial charge in [-0.1, -0.05) is 52.3 Å². The van der Waals surface area contributed by atoms with Gasteiger partial charge in [-0.15, -0.1) is 0 Å². The van der Waals surface area contributed by atoms with Gasteiger partial charge in [-0.25, -0.2) is 18.0 Å². The Balaban J connectivity index is 1.52. The first-order valence-electron chi connectivity index (χ1n) is 10.7. The molecular weight excluding hydrogens is 495 g/mol. The van der Waals surface area contributed by atoms with E-state index in [0.717, 1.165) is 17.2 Å². The molecule has 1 fully saturated rings. The van der Waals surface area contributed by atoms with Crippen molar-refractivity contribution in [2.45, 2.75) is 31.4 Å². The van der Waals surface area contributed by atoms with Gasteiger partial charge in [0, 0.05) is 36.3 Å². The summed E-state index contributed by atoms with van der Waals surface area (Å²) in [6, 6.07) is 16.5. The summed E-state index contributed by atoms with van der Waals surface area (Å²) in [6.45, 7) is 2.38. The van der Waals surface area contributed by atoms with Crippen molar-refractivity contribution in [3.8, 4) is 11.1 Å². The van der Waals surface area contributed by atoms with E-state index < -0.39 is 23.3 Å². The fourth-order valence-electron chi connectivity index (χ4n) is 4.30. The number of amides is 1. The highest BCUT2D eigenvalue weighted by Gasteiger charge is 2.43. The molecule has 33 heavy (non-hydrogen) atoms. The molecule has 0 N–H and O–H groups in total. The molecule has 172 valence electrons. The first-order chi connectivity index (χ1) is 15.8. The van der Waals surface area contributed by atoms with E-state index in [1.165, 1.54) is 24.3 Å². The van der Waals surface area contributed by atoms with Crippen LogP contribution in [0.25, 0.3) is 11.1 Å². The van der Waals surface area contributed by atoms with Gasteiger partial charge in [0.25, 0.3) is 0 Å². The SMILES string of the molecule is C[C@@H](c1ccc(-c2ccc(F)cc2F)cc1)N1CC[C@](CCBr)(c2ccc(F)cc2)OC1=O. The molecule has 1 heterocycles. The monoisotopic (exact) mass is 517 g/mol. The lowest BCUT2D eigenvalue weighted by Crippen LogP contribution is -2.49. The Morgan fingerprint density at radius 2 is 1.67 bits per heavy atom. The minimum atomic E-state index is -0.811. The lowest BCUT2D eigenvalue weighted by atomic mass is 9.86. The summed E-state index contributed by atoms with van der Waals surface area (Å²) < 4.78 is 46.7. The second-order valence-electron chi connectivity index (χ2n) is 8.17. The molecule has 1 aliphatic heterocycles. The molecule has 0 aliphatic carbocycles. The van der Waals surface area contributed by atoms with Crippen LogP contribution in [-0.4, -0.2) is 22.9 Å². The highest BCUT2D eigenvalue weighted by atomic mass is 79.9. The Hall–Kier alpha value is -2.80. The Kier molecular flexibility index (Phi) is 6.79. The van der Waals surface area contributed by atoms with Crippen molar-refractivity contribution in [3.63, 3.8) is 0 Å². The molecule has 0 aromatic heterocycles. The minimum absolute atomic E-state index is 0.264. The van der Waals surface area contributed by atoms with E-state index in [0.29, 0.717) is 35.8 Å². The topological polar surface area (TPSA) is 29.5 Å². The second kappa shape index (κ2) is 9.59. The highest BCUT2D eigenvalue weighted by molar-refractivity contribution is 9.09. The third-order valence-corrected chi connectivity index (χ3v) is 6.64. The van der Waals surface area contributed by atoms with Crippen LogP contribution < -0.4 is 0 Å². The molecule has 3 aromatic carbocycles. The van der Waals surface area contributed by atoms with Crippen LogP contribution in [0.4, 0.5) is 18.0 Å². The Morgan fingerprint density at radius 1 is 1.00 bits per heavy atom. The van der Waals surface area contributed by atoms with Gasteiger partial charge in [-0.2, -0.15) is 0 Å². The highest BCUT2D eigenvalue weighted by Crippen LogP contribution is 2.40. The Bertz CT molecular complexity index is 1140. The number of halogens is 4. The molecular formula is C26H23BrF3NO2. The maximum atomic E-state index is 14.1. The molecule has 0 bridgehead atoms. The number of hydrogen-bond acceptors (Lipinski definition) is 2. The van der Waals surface area contributed by atoms with E-state index in [4.69, 9.17) is 4.74 Å². The van der Waals surface area contributed by atoms with Gasteiger partial charge in [-0.05, 0) is 47.9 Å². The number of benzene rings is 3. The van der Waals surface area contributed by atoms with Crippen molar-refractivity contribution in [2.75, 3.05) is 11.9 Å². The third-order valence-electron chi connectivity index (χ3n) is 6.25. The molecule has 0 radical (unpaired) electrons. The van der Waals surface area contributed by atoms with Crippen LogP contribution in [0.1, 0.15) is 36.9 Å². The fourth-order valence-corrected chi connectivity index (χ4v) is 4.94. The van der Waals surface area contributed by atoms with Crippen molar-refractivity contribution >= 4 is 22.0 Å². The number of alkyl halides is 1. The summed E-state index contributed by atoms with van der Waals surface area (Å²) in [5.41, 5.74) is 1.76. The van der Waals surface area contributed by atoms with Crippen LogP contribution in [0.2, 0.25) is 0 Å². The second-order valence-corrected chi connectivity index (χ2v) is 8.97. The smallest absolute Gasteiger partial charge is 0.411 e. The molecule has 0 saturated carbocycles. The van der Waals surface area contributed by atoms with E-state index in [9.17, 15) is 18.0 Å². The quantitative estimate of drug-likeness (QED) is 0.319. The predicted octanol–water partition coefficient (Wildman–Crippen LogP) is 7.35. The van der Waals surface area contributed by atoms with Crippen LogP contribution in [0, 0.1) is 17.5 Å². The van der Waals surface area contributed by atoms with E-state index in [1.807, 2.05) is 19.1 Å². The van der Waals surface area contributed by atoms with Crippen LogP contribution in [-0.2, 0) is 10.3 Å².